The number of hydrogen-bond donors (Lipinski definition) is 2. The van der Waals surface area contributed by atoms with Gasteiger partial charge < -0.3 is 10.4 Å². The molecular weight excluding hydrogens is 204 g/mol. The maximum absolute atomic E-state index is 13.0. The van der Waals surface area contributed by atoms with Gasteiger partial charge in [-0.1, -0.05) is 6.07 Å². The van der Waals surface area contributed by atoms with E-state index in [1.807, 2.05) is 0 Å². The Balaban J connectivity index is 2.64. The summed E-state index contributed by atoms with van der Waals surface area (Å²) in [5.41, 5.74) is -0.182. The van der Waals surface area contributed by atoms with Crippen LogP contribution in [0.25, 0.3) is 0 Å². The zero-order valence-corrected chi connectivity index (χ0v) is 7.96. The minimum absolute atomic E-state index is 0.0758. The van der Waals surface area contributed by atoms with Crippen LogP contribution in [-0.4, -0.2) is 17.6 Å². The summed E-state index contributed by atoms with van der Waals surface area (Å²) in [5.74, 6) is -2.53. The summed E-state index contributed by atoms with van der Waals surface area (Å²) in [5, 5.41) is 10.7. The molecule has 3 nitrogen and oxygen atoms in total. The molecule has 2 N–H and O–H groups in total. The Bertz CT molecular complexity index is 355. The molecule has 0 aliphatic rings. The smallest absolute Gasteiger partial charge is 0.224 e. The van der Waals surface area contributed by atoms with Crippen molar-refractivity contribution in [2.75, 3.05) is 11.9 Å². The van der Waals surface area contributed by atoms with E-state index < -0.39 is 17.5 Å². The van der Waals surface area contributed by atoms with E-state index in [0.29, 0.717) is 6.42 Å². The van der Waals surface area contributed by atoms with Gasteiger partial charge in [0.05, 0.1) is 5.69 Å². The first-order valence-electron chi connectivity index (χ1n) is 4.50. The van der Waals surface area contributed by atoms with Gasteiger partial charge in [0.15, 0.2) is 11.6 Å². The third-order valence-corrected chi connectivity index (χ3v) is 1.79. The highest BCUT2D eigenvalue weighted by molar-refractivity contribution is 5.90. The van der Waals surface area contributed by atoms with Crippen LogP contribution in [0.15, 0.2) is 18.2 Å². The monoisotopic (exact) mass is 215 g/mol. The molecule has 0 spiro atoms. The van der Waals surface area contributed by atoms with Crippen molar-refractivity contribution < 1.29 is 18.7 Å². The number of rotatable bonds is 4. The van der Waals surface area contributed by atoms with E-state index in [1.165, 1.54) is 12.1 Å². The predicted octanol–water partition coefficient (Wildman–Crippen LogP) is 1.68. The van der Waals surface area contributed by atoms with Gasteiger partial charge in [0.25, 0.3) is 0 Å². The van der Waals surface area contributed by atoms with E-state index in [0.717, 1.165) is 6.07 Å². The first-order chi connectivity index (χ1) is 7.15. The number of amides is 1. The van der Waals surface area contributed by atoms with Crippen molar-refractivity contribution in [2.24, 2.45) is 0 Å². The molecule has 0 aliphatic heterocycles. The minimum Gasteiger partial charge on any atom is -0.396 e. The Hall–Kier alpha value is -1.49. The van der Waals surface area contributed by atoms with Crippen LogP contribution in [0, 0.1) is 11.6 Å². The lowest BCUT2D eigenvalue weighted by Gasteiger charge is -2.05. The molecular formula is C10H11F2NO2. The summed E-state index contributed by atoms with van der Waals surface area (Å²) >= 11 is 0. The highest BCUT2D eigenvalue weighted by Crippen LogP contribution is 2.16. The second-order valence-corrected chi connectivity index (χ2v) is 2.98. The van der Waals surface area contributed by atoms with Crippen molar-refractivity contribution in [3.8, 4) is 0 Å². The second kappa shape index (κ2) is 5.41. The van der Waals surface area contributed by atoms with E-state index in [4.69, 9.17) is 5.11 Å². The summed E-state index contributed by atoms with van der Waals surface area (Å²) in [7, 11) is 0. The summed E-state index contributed by atoms with van der Waals surface area (Å²) in [6.45, 7) is -0.112. The fourth-order valence-corrected chi connectivity index (χ4v) is 1.05. The van der Waals surface area contributed by atoms with E-state index in [1.54, 1.807) is 0 Å². The van der Waals surface area contributed by atoms with Gasteiger partial charge in [-0.15, -0.1) is 0 Å². The molecule has 0 saturated heterocycles. The average molecular weight is 215 g/mol. The standard InChI is InChI=1S/C10H11F2NO2/c11-7-3-1-4-8(10(7)12)13-9(15)5-2-6-14/h1,3-4,14H,2,5-6H2,(H,13,15). The van der Waals surface area contributed by atoms with Crippen molar-refractivity contribution in [3.63, 3.8) is 0 Å². The highest BCUT2D eigenvalue weighted by Gasteiger charge is 2.09. The number of anilines is 1. The molecule has 0 aliphatic carbocycles. The molecule has 0 atom stereocenters. The van der Waals surface area contributed by atoms with Gasteiger partial charge in [0, 0.05) is 13.0 Å². The van der Waals surface area contributed by atoms with Crippen LogP contribution in [0.1, 0.15) is 12.8 Å². The third-order valence-electron chi connectivity index (χ3n) is 1.79. The molecule has 0 aromatic heterocycles. The van der Waals surface area contributed by atoms with Gasteiger partial charge in [-0.3, -0.25) is 4.79 Å². The summed E-state index contributed by atoms with van der Waals surface area (Å²) < 4.78 is 25.8. The lowest BCUT2D eigenvalue weighted by atomic mass is 10.2. The summed E-state index contributed by atoms with van der Waals surface area (Å²) in [4.78, 5) is 11.1. The molecule has 1 amide bonds. The summed E-state index contributed by atoms with van der Waals surface area (Å²) in [6, 6.07) is 3.55. The minimum atomic E-state index is -1.07. The Labute approximate surface area is 85.7 Å². The number of aliphatic hydroxyl groups excluding tert-OH is 1. The number of carbonyl (C=O) groups is 1. The van der Waals surface area contributed by atoms with Crippen LogP contribution in [0.4, 0.5) is 14.5 Å². The molecule has 0 unspecified atom stereocenters. The largest absolute Gasteiger partial charge is 0.396 e. The SMILES string of the molecule is O=C(CCCO)Nc1cccc(F)c1F. The zero-order valence-electron chi connectivity index (χ0n) is 7.96. The lowest BCUT2D eigenvalue weighted by Crippen LogP contribution is -2.13. The van der Waals surface area contributed by atoms with Crippen LogP contribution in [0.2, 0.25) is 0 Å². The number of benzene rings is 1. The van der Waals surface area contributed by atoms with Crippen molar-refractivity contribution >= 4 is 11.6 Å². The number of halogens is 2. The number of hydrogen-bond acceptors (Lipinski definition) is 2. The lowest BCUT2D eigenvalue weighted by molar-refractivity contribution is -0.116. The maximum atomic E-state index is 13.0. The number of nitrogens with one attached hydrogen (secondary N) is 1. The Morgan fingerprint density at radius 1 is 1.40 bits per heavy atom. The fraction of sp³-hybridized carbons (Fsp3) is 0.300. The molecule has 0 saturated carbocycles. The van der Waals surface area contributed by atoms with E-state index >= 15 is 0 Å². The molecule has 0 radical (unpaired) electrons. The Morgan fingerprint density at radius 2 is 2.13 bits per heavy atom. The van der Waals surface area contributed by atoms with Gasteiger partial charge in [0.2, 0.25) is 5.91 Å². The van der Waals surface area contributed by atoms with Crippen molar-refractivity contribution in [1.29, 1.82) is 0 Å². The highest BCUT2D eigenvalue weighted by atomic mass is 19.2. The molecule has 1 rings (SSSR count). The molecule has 1 aromatic carbocycles. The normalized spacial score (nSPS) is 10.1. The fourth-order valence-electron chi connectivity index (χ4n) is 1.05. The van der Waals surface area contributed by atoms with Gasteiger partial charge in [-0.25, -0.2) is 8.78 Å². The average Bonchev–Trinajstić information content (AvgIpc) is 2.22. The Kier molecular flexibility index (Phi) is 4.17. The number of aliphatic hydroxyl groups is 1. The molecule has 0 heterocycles. The van der Waals surface area contributed by atoms with Crippen molar-refractivity contribution in [1.82, 2.24) is 0 Å². The molecule has 0 bridgehead atoms. The summed E-state index contributed by atoms with van der Waals surface area (Å²) in [6.07, 6.45) is 0.370. The molecule has 1 aromatic rings. The van der Waals surface area contributed by atoms with E-state index in [2.05, 4.69) is 5.32 Å². The van der Waals surface area contributed by atoms with Crippen molar-refractivity contribution in [2.45, 2.75) is 12.8 Å². The first kappa shape index (κ1) is 11.6. The zero-order chi connectivity index (χ0) is 11.3. The molecule has 5 heteroatoms. The first-order valence-corrected chi connectivity index (χ1v) is 4.50. The van der Waals surface area contributed by atoms with E-state index in [-0.39, 0.29) is 18.7 Å². The van der Waals surface area contributed by atoms with E-state index in [9.17, 15) is 13.6 Å². The molecule has 15 heavy (non-hydrogen) atoms. The Morgan fingerprint density at radius 3 is 2.80 bits per heavy atom. The van der Waals surface area contributed by atoms with Gasteiger partial charge in [0.1, 0.15) is 0 Å². The van der Waals surface area contributed by atoms with Crippen LogP contribution < -0.4 is 5.32 Å². The quantitative estimate of drug-likeness (QED) is 0.802. The van der Waals surface area contributed by atoms with Gasteiger partial charge >= 0.3 is 0 Å². The number of carbonyl (C=O) groups excluding carboxylic acids is 1. The predicted molar refractivity (Wildman–Crippen MR) is 51.3 cm³/mol. The topological polar surface area (TPSA) is 49.3 Å². The second-order valence-electron chi connectivity index (χ2n) is 2.98. The van der Waals surface area contributed by atoms with Crippen LogP contribution in [-0.2, 0) is 4.79 Å². The van der Waals surface area contributed by atoms with Crippen LogP contribution in [0.5, 0.6) is 0 Å². The maximum Gasteiger partial charge on any atom is 0.224 e. The molecule has 0 fully saturated rings. The molecule has 82 valence electrons. The third kappa shape index (κ3) is 3.28. The van der Waals surface area contributed by atoms with Crippen LogP contribution in [0.3, 0.4) is 0 Å². The van der Waals surface area contributed by atoms with Crippen LogP contribution >= 0.6 is 0 Å². The van der Waals surface area contributed by atoms with Gasteiger partial charge in [-0.2, -0.15) is 0 Å². The van der Waals surface area contributed by atoms with Crippen molar-refractivity contribution in [3.05, 3.63) is 29.8 Å². The van der Waals surface area contributed by atoms with Gasteiger partial charge in [-0.05, 0) is 18.6 Å².